The molecule has 0 aliphatic heterocycles. The molecule has 0 aromatic heterocycles. The van der Waals surface area contributed by atoms with Gasteiger partial charge < -0.3 is 19.5 Å². The van der Waals surface area contributed by atoms with Crippen molar-refractivity contribution in [2.45, 2.75) is 51.5 Å². The lowest BCUT2D eigenvalue weighted by Crippen LogP contribution is -2.35. The molecule has 0 saturated heterocycles. The van der Waals surface area contributed by atoms with Crippen LogP contribution in [0.1, 0.15) is 45.4 Å². The van der Waals surface area contributed by atoms with Crippen LogP contribution in [-0.2, 0) is 14.2 Å². The quantitative estimate of drug-likeness (QED) is 0.468. The largest absolute Gasteiger partial charge is 0.382 e. The van der Waals surface area contributed by atoms with E-state index in [-0.39, 0.29) is 0 Å². The highest BCUT2D eigenvalue weighted by Crippen LogP contribution is 2.25. The highest BCUT2D eigenvalue weighted by atomic mass is 16.5. The summed E-state index contributed by atoms with van der Waals surface area (Å²) in [6, 6.07) is 0.620. The Morgan fingerprint density at radius 2 is 1.50 bits per heavy atom. The molecular formula is C16H33NO3. The molecule has 120 valence electrons. The van der Waals surface area contributed by atoms with E-state index >= 15 is 0 Å². The van der Waals surface area contributed by atoms with Crippen molar-refractivity contribution in [1.82, 2.24) is 5.32 Å². The van der Waals surface area contributed by atoms with Crippen LogP contribution >= 0.6 is 0 Å². The highest BCUT2D eigenvalue weighted by Gasteiger charge is 2.18. The molecule has 1 N–H and O–H groups in total. The van der Waals surface area contributed by atoms with Crippen LogP contribution in [0.15, 0.2) is 0 Å². The van der Waals surface area contributed by atoms with E-state index in [0.717, 1.165) is 19.1 Å². The third-order valence-corrected chi connectivity index (χ3v) is 4.12. The van der Waals surface area contributed by atoms with Gasteiger partial charge in [0.1, 0.15) is 0 Å². The fourth-order valence-corrected chi connectivity index (χ4v) is 2.80. The second kappa shape index (κ2) is 12.6. The maximum absolute atomic E-state index is 5.55. The Bertz CT molecular complexity index is 206. The van der Waals surface area contributed by atoms with E-state index in [1.54, 1.807) is 7.11 Å². The fourth-order valence-electron chi connectivity index (χ4n) is 2.80. The topological polar surface area (TPSA) is 39.7 Å². The van der Waals surface area contributed by atoms with E-state index in [1.165, 1.54) is 38.5 Å². The number of ether oxygens (including phenoxy) is 3. The Labute approximate surface area is 124 Å². The third kappa shape index (κ3) is 8.90. The molecule has 1 rings (SSSR count). The molecule has 0 unspecified atom stereocenters. The van der Waals surface area contributed by atoms with Gasteiger partial charge in [-0.2, -0.15) is 0 Å². The number of rotatable bonds is 11. The van der Waals surface area contributed by atoms with Gasteiger partial charge in [0.2, 0.25) is 0 Å². The Hall–Kier alpha value is -0.160. The van der Waals surface area contributed by atoms with E-state index in [0.29, 0.717) is 32.5 Å². The van der Waals surface area contributed by atoms with Crippen molar-refractivity contribution in [3.63, 3.8) is 0 Å². The normalized spacial score (nSPS) is 18.9. The predicted molar refractivity (Wildman–Crippen MR) is 82.2 cm³/mol. The van der Waals surface area contributed by atoms with E-state index in [2.05, 4.69) is 12.2 Å². The number of hydrogen-bond donors (Lipinski definition) is 1. The Morgan fingerprint density at radius 3 is 2.15 bits per heavy atom. The van der Waals surface area contributed by atoms with Gasteiger partial charge in [-0.3, -0.25) is 0 Å². The first-order chi connectivity index (χ1) is 9.84. The van der Waals surface area contributed by atoms with Crippen molar-refractivity contribution >= 4 is 0 Å². The van der Waals surface area contributed by atoms with Crippen LogP contribution in [0.3, 0.4) is 0 Å². The minimum absolute atomic E-state index is 0.620. The molecule has 0 spiro atoms. The van der Waals surface area contributed by atoms with Crippen LogP contribution in [-0.4, -0.2) is 52.7 Å². The van der Waals surface area contributed by atoms with Crippen molar-refractivity contribution in [2.75, 3.05) is 46.7 Å². The van der Waals surface area contributed by atoms with Crippen LogP contribution in [0.5, 0.6) is 0 Å². The molecule has 1 saturated carbocycles. The zero-order valence-corrected chi connectivity index (χ0v) is 13.4. The van der Waals surface area contributed by atoms with Crippen LogP contribution in [0.4, 0.5) is 0 Å². The van der Waals surface area contributed by atoms with Crippen molar-refractivity contribution in [3.8, 4) is 0 Å². The molecule has 0 heterocycles. The van der Waals surface area contributed by atoms with Crippen LogP contribution < -0.4 is 5.32 Å². The van der Waals surface area contributed by atoms with Crippen LogP contribution in [0.25, 0.3) is 0 Å². The maximum atomic E-state index is 5.55. The summed E-state index contributed by atoms with van der Waals surface area (Å²) in [5.41, 5.74) is 0. The Kier molecular flexibility index (Phi) is 11.2. The average Bonchev–Trinajstić information content (AvgIpc) is 2.74. The molecule has 0 aromatic carbocycles. The molecule has 20 heavy (non-hydrogen) atoms. The smallest absolute Gasteiger partial charge is 0.0701 e. The summed E-state index contributed by atoms with van der Waals surface area (Å²) in [5, 5.41) is 3.61. The van der Waals surface area contributed by atoms with Gasteiger partial charge in [-0.1, -0.05) is 25.7 Å². The zero-order valence-electron chi connectivity index (χ0n) is 13.4. The molecule has 1 atom stereocenters. The number of methoxy groups -OCH3 is 1. The average molecular weight is 287 g/mol. The van der Waals surface area contributed by atoms with Gasteiger partial charge in [-0.15, -0.1) is 0 Å². The fraction of sp³-hybridized carbons (Fsp3) is 1.00. The van der Waals surface area contributed by atoms with E-state index < -0.39 is 0 Å². The van der Waals surface area contributed by atoms with Gasteiger partial charge in [0, 0.05) is 19.7 Å². The van der Waals surface area contributed by atoms with Crippen molar-refractivity contribution in [1.29, 1.82) is 0 Å². The van der Waals surface area contributed by atoms with Gasteiger partial charge in [-0.05, 0) is 25.7 Å². The maximum Gasteiger partial charge on any atom is 0.0701 e. The first kappa shape index (κ1) is 17.9. The minimum Gasteiger partial charge on any atom is -0.382 e. The number of nitrogens with one attached hydrogen (secondary N) is 1. The first-order valence-electron chi connectivity index (χ1n) is 8.22. The number of hydrogen-bond acceptors (Lipinski definition) is 4. The Balaban J connectivity index is 1.89. The molecule has 0 amide bonds. The summed E-state index contributed by atoms with van der Waals surface area (Å²) in [7, 11) is 1.68. The second-order valence-corrected chi connectivity index (χ2v) is 5.71. The van der Waals surface area contributed by atoms with Crippen LogP contribution in [0.2, 0.25) is 0 Å². The van der Waals surface area contributed by atoms with Gasteiger partial charge >= 0.3 is 0 Å². The monoisotopic (exact) mass is 287 g/mol. The summed E-state index contributed by atoms with van der Waals surface area (Å²) >= 11 is 0. The summed E-state index contributed by atoms with van der Waals surface area (Å²) < 4.78 is 15.8. The molecule has 0 radical (unpaired) electrons. The molecule has 0 bridgehead atoms. The van der Waals surface area contributed by atoms with Crippen molar-refractivity contribution < 1.29 is 14.2 Å². The highest BCUT2D eigenvalue weighted by molar-refractivity contribution is 4.74. The lowest BCUT2D eigenvalue weighted by Gasteiger charge is -2.23. The molecule has 1 aliphatic carbocycles. The molecule has 1 fully saturated rings. The minimum atomic E-state index is 0.620. The lowest BCUT2D eigenvalue weighted by molar-refractivity contribution is 0.0250. The van der Waals surface area contributed by atoms with Gasteiger partial charge in [-0.25, -0.2) is 0 Å². The molecule has 1 aliphatic rings. The second-order valence-electron chi connectivity index (χ2n) is 5.71. The molecule has 4 nitrogen and oxygen atoms in total. The van der Waals surface area contributed by atoms with Gasteiger partial charge in [0.25, 0.3) is 0 Å². The summed E-state index contributed by atoms with van der Waals surface area (Å²) in [6.45, 7) is 6.66. The standard InChI is InChI=1S/C16H33NO3/c1-15(16-7-5-3-4-6-8-16)17-9-10-19-13-14-20-12-11-18-2/h15-17H,3-14H2,1-2H3/t15-/m0/s1. The van der Waals surface area contributed by atoms with Crippen LogP contribution in [0, 0.1) is 5.92 Å². The van der Waals surface area contributed by atoms with E-state index in [9.17, 15) is 0 Å². The predicted octanol–water partition coefficient (Wildman–Crippen LogP) is 2.61. The van der Waals surface area contributed by atoms with E-state index in [4.69, 9.17) is 14.2 Å². The van der Waals surface area contributed by atoms with Crippen molar-refractivity contribution in [3.05, 3.63) is 0 Å². The zero-order chi connectivity index (χ0) is 14.5. The summed E-state index contributed by atoms with van der Waals surface area (Å²) in [6.07, 6.45) is 8.45. The lowest BCUT2D eigenvalue weighted by atomic mass is 9.93. The third-order valence-electron chi connectivity index (χ3n) is 4.12. The molecular weight excluding hydrogens is 254 g/mol. The first-order valence-corrected chi connectivity index (χ1v) is 8.22. The Morgan fingerprint density at radius 1 is 0.900 bits per heavy atom. The van der Waals surface area contributed by atoms with Crippen molar-refractivity contribution in [2.24, 2.45) is 5.92 Å². The van der Waals surface area contributed by atoms with E-state index in [1.807, 2.05) is 0 Å². The van der Waals surface area contributed by atoms with Gasteiger partial charge in [0.15, 0.2) is 0 Å². The summed E-state index contributed by atoms with van der Waals surface area (Å²) in [5.74, 6) is 0.856. The molecule has 0 aromatic rings. The van der Waals surface area contributed by atoms with Gasteiger partial charge in [0.05, 0.1) is 33.0 Å². The molecule has 4 heteroatoms. The summed E-state index contributed by atoms with van der Waals surface area (Å²) in [4.78, 5) is 0. The SMILES string of the molecule is COCCOCCOCCN[C@@H](C)C1CCCCCC1.